The van der Waals surface area contributed by atoms with Gasteiger partial charge in [-0.25, -0.2) is 0 Å². The SMILES string of the molecule is CCCC(CN)C(=O)Nc1cc(NC(=O)CC)ccc1Cl. The number of carbonyl (C=O) groups is 2. The zero-order chi connectivity index (χ0) is 15.8. The number of amides is 2. The summed E-state index contributed by atoms with van der Waals surface area (Å²) in [6, 6.07) is 4.98. The van der Waals surface area contributed by atoms with Gasteiger partial charge in [0.1, 0.15) is 0 Å². The molecule has 0 aliphatic rings. The van der Waals surface area contributed by atoms with Crippen LogP contribution in [0.4, 0.5) is 11.4 Å². The molecule has 0 aliphatic heterocycles. The quantitative estimate of drug-likeness (QED) is 0.723. The van der Waals surface area contributed by atoms with Crippen molar-refractivity contribution >= 4 is 34.8 Å². The first-order valence-corrected chi connectivity index (χ1v) is 7.49. The Morgan fingerprint density at radius 1 is 1.29 bits per heavy atom. The highest BCUT2D eigenvalue weighted by Gasteiger charge is 2.17. The summed E-state index contributed by atoms with van der Waals surface area (Å²) in [6.45, 7) is 4.07. The van der Waals surface area contributed by atoms with Crippen LogP contribution < -0.4 is 16.4 Å². The van der Waals surface area contributed by atoms with Crippen LogP contribution in [0.3, 0.4) is 0 Å². The summed E-state index contributed by atoms with van der Waals surface area (Å²) in [5, 5.41) is 5.92. The topological polar surface area (TPSA) is 84.2 Å². The third kappa shape index (κ3) is 5.36. The first kappa shape index (κ1) is 17.5. The third-order valence-electron chi connectivity index (χ3n) is 3.12. The number of halogens is 1. The standard InChI is InChI=1S/C15H22ClN3O2/c1-3-5-10(9-17)15(21)19-13-8-11(6-7-12(13)16)18-14(20)4-2/h6-8,10H,3-5,9,17H2,1-2H3,(H,18,20)(H,19,21). The van der Waals surface area contributed by atoms with Crippen molar-refractivity contribution in [3.63, 3.8) is 0 Å². The molecule has 2 amide bonds. The van der Waals surface area contributed by atoms with Crippen LogP contribution in [0.1, 0.15) is 33.1 Å². The number of rotatable bonds is 7. The summed E-state index contributed by atoms with van der Waals surface area (Å²) in [5.41, 5.74) is 6.69. The van der Waals surface area contributed by atoms with Crippen LogP contribution in [0.2, 0.25) is 5.02 Å². The van der Waals surface area contributed by atoms with Gasteiger partial charge in [0, 0.05) is 18.7 Å². The van der Waals surface area contributed by atoms with Crippen LogP contribution in [-0.2, 0) is 9.59 Å². The van der Waals surface area contributed by atoms with E-state index in [1.165, 1.54) is 0 Å². The number of hydrogen-bond donors (Lipinski definition) is 3. The van der Waals surface area contributed by atoms with E-state index in [9.17, 15) is 9.59 Å². The molecule has 0 spiro atoms. The summed E-state index contributed by atoms with van der Waals surface area (Å²) in [4.78, 5) is 23.5. The lowest BCUT2D eigenvalue weighted by atomic mass is 10.0. The summed E-state index contributed by atoms with van der Waals surface area (Å²) in [6.07, 6.45) is 2.00. The van der Waals surface area contributed by atoms with Crippen LogP contribution in [0.15, 0.2) is 18.2 Å². The second-order valence-corrected chi connectivity index (χ2v) is 5.21. The number of anilines is 2. The van der Waals surface area contributed by atoms with E-state index >= 15 is 0 Å². The first-order chi connectivity index (χ1) is 10.0. The van der Waals surface area contributed by atoms with Crippen molar-refractivity contribution in [1.82, 2.24) is 0 Å². The van der Waals surface area contributed by atoms with Crippen LogP contribution in [0.5, 0.6) is 0 Å². The molecule has 1 rings (SSSR count). The summed E-state index contributed by atoms with van der Waals surface area (Å²) in [7, 11) is 0. The van der Waals surface area contributed by atoms with Gasteiger partial charge in [0.15, 0.2) is 0 Å². The molecule has 1 aromatic rings. The predicted octanol–water partition coefficient (Wildman–Crippen LogP) is 3.00. The second kappa shape index (κ2) is 8.64. The lowest BCUT2D eigenvalue weighted by Crippen LogP contribution is -2.29. The molecule has 0 heterocycles. The fourth-order valence-corrected chi connectivity index (χ4v) is 2.05. The average molecular weight is 312 g/mol. The molecule has 6 heteroatoms. The highest BCUT2D eigenvalue weighted by Crippen LogP contribution is 2.26. The normalized spacial score (nSPS) is 11.8. The Labute approximate surface area is 130 Å². The number of hydrogen-bond acceptors (Lipinski definition) is 3. The molecule has 5 nitrogen and oxygen atoms in total. The molecular formula is C15H22ClN3O2. The van der Waals surface area contributed by atoms with Crippen molar-refractivity contribution in [2.45, 2.75) is 33.1 Å². The molecule has 0 aromatic heterocycles. The van der Waals surface area contributed by atoms with E-state index in [2.05, 4.69) is 10.6 Å². The fourth-order valence-electron chi connectivity index (χ4n) is 1.89. The van der Waals surface area contributed by atoms with E-state index in [1.54, 1.807) is 25.1 Å². The summed E-state index contributed by atoms with van der Waals surface area (Å²) in [5.74, 6) is -0.486. The maximum absolute atomic E-state index is 12.1. The van der Waals surface area contributed by atoms with Gasteiger partial charge >= 0.3 is 0 Å². The Kier molecular flexibility index (Phi) is 7.19. The van der Waals surface area contributed by atoms with Crippen molar-refractivity contribution in [2.24, 2.45) is 11.7 Å². The zero-order valence-electron chi connectivity index (χ0n) is 12.4. The molecule has 1 aromatic carbocycles. The molecule has 1 unspecified atom stereocenters. The zero-order valence-corrected chi connectivity index (χ0v) is 13.2. The van der Waals surface area contributed by atoms with E-state index in [0.717, 1.165) is 12.8 Å². The lowest BCUT2D eigenvalue weighted by molar-refractivity contribution is -0.119. The Hall–Kier alpha value is -1.59. The molecule has 0 saturated heterocycles. The van der Waals surface area contributed by atoms with Gasteiger partial charge < -0.3 is 16.4 Å². The van der Waals surface area contributed by atoms with Crippen molar-refractivity contribution in [3.05, 3.63) is 23.2 Å². The molecule has 0 radical (unpaired) electrons. The van der Waals surface area contributed by atoms with Crippen LogP contribution in [0, 0.1) is 5.92 Å². The third-order valence-corrected chi connectivity index (χ3v) is 3.45. The van der Waals surface area contributed by atoms with Crippen molar-refractivity contribution in [2.75, 3.05) is 17.2 Å². The Balaban J connectivity index is 2.84. The Bertz CT molecular complexity index is 506. The molecule has 4 N–H and O–H groups in total. The maximum Gasteiger partial charge on any atom is 0.228 e. The smallest absolute Gasteiger partial charge is 0.228 e. The van der Waals surface area contributed by atoms with Gasteiger partial charge in [-0.15, -0.1) is 0 Å². The summed E-state index contributed by atoms with van der Waals surface area (Å²) < 4.78 is 0. The molecule has 116 valence electrons. The Morgan fingerprint density at radius 3 is 2.57 bits per heavy atom. The van der Waals surface area contributed by atoms with E-state index in [0.29, 0.717) is 29.4 Å². The van der Waals surface area contributed by atoms with Crippen molar-refractivity contribution < 1.29 is 9.59 Å². The van der Waals surface area contributed by atoms with Crippen molar-refractivity contribution in [3.8, 4) is 0 Å². The molecule has 0 fully saturated rings. The Morgan fingerprint density at radius 2 is 2.00 bits per heavy atom. The molecule has 0 saturated carbocycles. The predicted molar refractivity (Wildman–Crippen MR) is 86.5 cm³/mol. The molecule has 0 bridgehead atoms. The van der Waals surface area contributed by atoms with Gasteiger partial charge in [0.25, 0.3) is 0 Å². The number of nitrogens with two attached hydrogens (primary N) is 1. The highest BCUT2D eigenvalue weighted by molar-refractivity contribution is 6.33. The number of carbonyl (C=O) groups excluding carboxylic acids is 2. The molecule has 1 atom stereocenters. The number of benzene rings is 1. The minimum Gasteiger partial charge on any atom is -0.330 e. The highest BCUT2D eigenvalue weighted by atomic mass is 35.5. The van der Waals surface area contributed by atoms with E-state index in [4.69, 9.17) is 17.3 Å². The van der Waals surface area contributed by atoms with Crippen molar-refractivity contribution in [1.29, 1.82) is 0 Å². The van der Waals surface area contributed by atoms with Gasteiger partial charge in [0.2, 0.25) is 11.8 Å². The van der Waals surface area contributed by atoms with Crippen LogP contribution >= 0.6 is 11.6 Å². The lowest BCUT2D eigenvalue weighted by Gasteiger charge is -2.15. The maximum atomic E-state index is 12.1. The molecule has 0 aliphatic carbocycles. The minimum atomic E-state index is -0.236. The van der Waals surface area contributed by atoms with E-state index in [1.807, 2.05) is 6.92 Å². The van der Waals surface area contributed by atoms with Gasteiger partial charge in [-0.05, 0) is 24.6 Å². The van der Waals surface area contributed by atoms with Gasteiger partial charge in [0.05, 0.1) is 16.6 Å². The molecular weight excluding hydrogens is 290 g/mol. The summed E-state index contributed by atoms with van der Waals surface area (Å²) >= 11 is 6.08. The number of nitrogens with one attached hydrogen (secondary N) is 2. The molecule has 21 heavy (non-hydrogen) atoms. The van der Waals surface area contributed by atoms with Gasteiger partial charge in [-0.3, -0.25) is 9.59 Å². The van der Waals surface area contributed by atoms with Gasteiger partial charge in [-0.2, -0.15) is 0 Å². The average Bonchev–Trinajstić information content (AvgIpc) is 2.47. The fraction of sp³-hybridized carbons (Fsp3) is 0.467. The van der Waals surface area contributed by atoms with Gasteiger partial charge in [-0.1, -0.05) is 31.9 Å². The second-order valence-electron chi connectivity index (χ2n) is 4.81. The van der Waals surface area contributed by atoms with Crippen LogP contribution in [-0.4, -0.2) is 18.4 Å². The minimum absolute atomic E-state index is 0.0968. The van der Waals surface area contributed by atoms with E-state index < -0.39 is 0 Å². The largest absolute Gasteiger partial charge is 0.330 e. The monoisotopic (exact) mass is 311 g/mol. The van der Waals surface area contributed by atoms with E-state index in [-0.39, 0.29) is 17.7 Å². The first-order valence-electron chi connectivity index (χ1n) is 7.12. The van der Waals surface area contributed by atoms with Crippen LogP contribution in [0.25, 0.3) is 0 Å².